The zero-order chi connectivity index (χ0) is 11.1. The minimum absolute atomic E-state index is 0.000182. The first-order chi connectivity index (χ1) is 6.97. The predicted molar refractivity (Wildman–Crippen MR) is 62.7 cm³/mol. The van der Waals surface area contributed by atoms with Gasteiger partial charge in [0, 0.05) is 17.1 Å². The molecule has 0 atom stereocenters. The summed E-state index contributed by atoms with van der Waals surface area (Å²) in [6.07, 6.45) is 3.81. The Bertz CT molecular complexity index is 464. The van der Waals surface area contributed by atoms with Crippen LogP contribution in [0.1, 0.15) is 20.8 Å². The Morgan fingerprint density at radius 3 is 2.60 bits per heavy atom. The minimum Gasteiger partial charge on any atom is -0.375 e. The third-order valence-electron chi connectivity index (χ3n) is 2.09. The average molecular weight is 222 g/mol. The highest BCUT2D eigenvalue weighted by Gasteiger charge is 2.15. The van der Waals surface area contributed by atoms with E-state index in [1.165, 1.54) is 11.3 Å². The Morgan fingerprint density at radius 2 is 2.13 bits per heavy atom. The van der Waals surface area contributed by atoms with Gasteiger partial charge in [-0.1, -0.05) is 0 Å². The second kappa shape index (κ2) is 3.34. The van der Waals surface area contributed by atoms with Crippen LogP contribution in [0.2, 0.25) is 0 Å². The van der Waals surface area contributed by atoms with E-state index in [9.17, 15) is 0 Å². The van der Waals surface area contributed by atoms with Crippen LogP contribution in [-0.2, 0) is 5.54 Å². The zero-order valence-corrected chi connectivity index (χ0v) is 9.88. The SMILES string of the molecule is CC(C)(C)n1cc(-c2csc(N)n2)cn1. The maximum absolute atomic E-state index is 5.59. The minimum atomic E-state index is -0.000182. The highest BCUT2D eigenvalue weighted by molar-refractivity contribution is 7.13. The van der Waals surface area contributed by atoms with Gasteiger partial charge in [0.1, 0.15) is 0 Å². The van der Waals surface area contributed by atoms with Gasteiger partial charge in [0.25, 0.3) is 0 Å². The molecule has 0 unspecified atom stereocenters. The van der Waals surface area contributed by atoms with Crippen LogP contribution in [0, 0.1) is 0 Å². The summed E-state index contributed by atoms with van der Waals surface area (Å²) in [5.74, 6) is 0. The summed E-state index contributed by atoms with van der Waals surface area (Å²) in [5.41, 5.74) is 7.50. The van der Waals surface area contributed by atoms with Crippen molar-refractivity contribution in [1.82, 2.24) is 14.8 Å². The van der Waals surface area contributed by atoms with E-state index in [4.69, 9.17) is 5.73 Å². The molecule has 0 aliphatic heterocycles. The van der Waals surface area contributed by atoms with Crippen molar-refractivity contribution in [2.75, 3.05) is 5.73 Å². The van der Waals surface area contributed by atoms with Crippen molar-refractivity contribution in [3.8, 4) is 11.3 Å². The molecule has 2 N–H and O–H groups in total. The van der Waals surface area contributed by atoms with Crippen LogP contribution in [0.15, 0.2) is 17.8 Å². The number of hydrogen-bond donors (Lipinski definition) is 1. The molecule has 0 spiro atoms. The molecule has 0 bridgehead atoms. The lowest BCUT2D eigenvalue weighted by molar-refractivity contribution is 0.355. The molecule has 0 saturated carbocycles. The molecule has 0 radical (unpaired) electrons. The van der Waals surface area contributed by atoms with Crippen molar-refractivity contribution in [2.24, 2.45) is 0 Å². The lowest BCUT2D eigenvalue weighted by Crippen LogP contribution is -2.21. The first kappa shape index (κ1) is 10.2. The molecule has 5 heteroatoms. The van der Waals surface area contributed by atoms with Crippen molar-refractivity contribution >= 4 is 16.5 Å². The monoisotopic (exact) mass is 222 g/mol. The molecular formula is C10H14N4S. The lowest BCUT2D eigenvalue weighted by atomic mass is 10.1. The number of nitrogens with two attached hydrogens (primary N) is 1. The summed E-state index contributed by atoms with van der Waals surface area (Å²) in [6.45, 7) is 6.33. The zero-order valence-electron chi connectivity index (χ0n) is 9.06. The summed E-state index contributed by atoms with van der Waals surface area (Å²) in [5, 5.41) is 6.85. The summed E-state index contributed by atoms with van der Waals surface area (Å²) in [6, 6.07) is 0. The fraction of sp³-hybridized carbons (Fsp3) is 0.400. The number of rotatable bonds is 1. The van der Waals surface area contributed by atoms with E-state index in [-0.39, 0.29) is 5.54 Å². The van der Waals surface area contributed by atoms with Crippen molar-refractivity contribution in [3.63, 3.8) is 0 Å². The van der Waals surface area contributed by atoms with Gasteiger partial charge in [0.2, 0.25) is 0 Å². The van der Waals surface area contributed by atoms with Gasteiger partial charge in [0.05, 0.1) is 17.4 Å². The quantitative estimate of drug-likeness (QED) is 0.805. The number of anilines is 1. The van der Waals surface area contributed by atoms with Gasteiger partial charge in [-0.05, 0) is 20.8 Å². The summed E-state index contributed by atoms with van der Waals surface area (Å²) < 4.78 is 1.93. The molecule has 0 aliphatic carbocycles. The van der Waals surface area contributed by atoms with Crippen molar-refractivity contribution < 1.29 is 0 Å². The van der Waals surface area contributed by atoms with E-state index in [1.807, 2.05) is 22.5 Å². The topological polar surface area (TPSA) is 56.7 Å². The van der Waals surface area contributed by atoms with Gasteiger partial charge < -0.3 is 5.73 Å². The van der Waals surface area contributed by atoms with Crippen molar-refractivity contribution in [1.29, 1.82) is 0 Å². The molecule has 0 fully saturated rings. The number of thiazole rings is 1. The summed E-state index contributed by atoms with van der Waals surface area (Å²) in [7, 11) is 0. The highest BCUT2D eigenvalue weighted by atomic mass is 32.1. The third-order valence-corrected chi connectivity index (χ3v) is 2.76. The number of nitrogen functional groups attached to an aromatic ring is 1. The van der Waals surface area contributed by atoms with Gasteiger partial charge in [-0.3, -0.25) is 4.68 Å². The predicted octanol–water partition coefficient (Wildman–Crippen LogP) is 2.34. The molecule has 4 nitrogen and oxygen atoms in total. The molecule has 0 aliphatic rings. The highest BCUT2D eigenvalue weighted by Crippen LogP contribution is 2.24. The van der Waals surface area contributed by atoms with Gasteiger partial charge in [-0.15, -0.1) is 11.3 Å². The van der Waals surface area contributed by atoms with Crippen LogP contribution in [0.4, 0.5) is 5.13 Å². The van der Waals surface area contributed by atoms with Crippen LogP contribution in [-0.4, -0.2) is 14.8 Å². The average Bonchev–Trinajstić information content (AvgIpc) is 2.69. The number of aromatic nitrogens is 3. The van der Waals surface area contributed by atoms with Gasteiger partial charge in [0.15, 0.2) is 5.13 Å². The van der Waals surface area contributed by atoms with E-state index in [2.05, 4.69) is 30.9 Å². The van der Waals surface area contributed by atoms with Crippen LogP contribution < -0.4 is 5.73 Å². The number of nitrogens with zero attached hydrogens (tertiary/aromatic N) is 3. The largest absolute Gasteiger partial charge is 0.375 e. The summed E-state index contributed by atoms with van der Waals surface area (Å²) in [4.78, 5) is 4.22. The molecule has 2 aromatic heterocycles. The standard InChI is InChI=1S/C10H14N4S/c1-10(2,3)14-5-7(4-12-14)8-6-15-9(11)13-8/h4-6H,1-3H3,(H2,11,13). The molecule has 80 valence electrons. The first-order valence-corrected chi connectivity index (χ1v) is 5.61. The van der Waals surface area contributed by atoms with E-state index in [1.54, 1.807) is 0 Å². The number of hydrogen-bond acceptors (Lipinski definition) is 4. The smallest absolute Gasteiger partial charge is 0.180 e. The van der Waals surface area contributed by atoms with Crippen LogP contribution >= 0.6 is 11.3 Å². The van der Waals surface area contributed by atoms with Crippen LogP contribution in [0.25, 0.3) is 11.3 Å². The maximum atomic E-state index is 5.59. The molecule has 0 amide bonds. The third kappa shape index (κ3) is 2.02. The van der Waals surface area contributed by atoms with E-state index in [0.717, 1.165) is 11.3 Å². The Morgan fingerprint density at radius 1 is 1.40 bits per heavy atom. The first-order valence-electron chi connectivity index (χ1n) is 4.73. The molecular weight excluding hydrogens is 208 g/mol. The van der Waals surface area contributed by atoms with Crippen molar-refractivity contribution in [2.45, 2.75) is 26.3 Å². The Kier molecular flexibility index (Phi) is 2.26. The Balaban J connectivity index is 2.36. The molecule has 2 aromatic rings. The molecule has 0 aromatic carbocycles. The fourth-order valence-corrected chi connectivity index (χ4v) is 1.81. The van der Waals surface area contributed by atoms with Gasteiger partial charge >= 0.3 is 0 Å². The van der Waals surface area contributed by atoms with Crippen LogP contribution in [0.3, 0.4) is 0 Å². The Labute approximate surface area is 92.8 Å². The lowest BCUT2D eigenvalue weighted by Gasteiger charge is -2.18. The van der Waals surface area contributed by atoms with Crippen LogP contribution in [0.5, 0.6) is 0 Å². The van der Waals surface area contributed by atoms with E-state index >= 15 is 0 Å². The molecule has 2 heterocycles. The summed E-state index contributed by atoms with van der Waals surface area (Å²) >= 11 is 1.45. The van der Waals surface area contributed by atoms with E-state index < -0.39 is 0 Å². The molecule has 2 rings (SSSR count). The second-order valence-corrected chi connectivity index (χ2v) is 5.31. The van der Waals surface area contributed by atoms with Gasteiger partial charge in [-0.25, -0.2) is 4.98 Å². The van der Waals surface area contributed by atoms with Crippen molar-refractivity contribution in [3.05, 3.63) is 17.8 Å². The maximum Gasteiger partial charge on any atom is 0.180 e. The second-order valence-electron chi connectivity index (χ2n) is 4.42. The Hall–Kier alpha value is -1.36. The molecule has 0 saturated heterocycles. The molecule has 15 heavy (non-hydrogen) atoms. The van der Waals surface area contributed by atoms with Gasteiger partial charge in [-0.2, -0.15) is 5.10 Å². The normalized spacial score (nSPS) is 11.9. The van der Waals surface area contributed by atoms with E-state index in [0.29, 0.717) is 5.13 Å². The fourth-order valence-electron chi connectivity index (χ4n) is 1.24.